The van der Waals surface area contributed by atoms with Gasteiger partial charge in [-0.3, -0.25) is 4.79 Å². The van der Waals surface area contributed by atoms with E-state index in [1.165, 1.54) is 5.56 Å². The van der Waals surface area contributed by atoms with Gasteiger partial charge in [-0.25, -0.2) is 4.98 Å². The number of aliphatic hydroxyl groups is 1. The van der Waals surface area contributed by atoms with Crippen LogP contribution in [0.3, 0.4) is 0 Å². The molecule has 110 valence electrons. The van der Waals surface area contributed by atoms with Gasteiger partial charge in [0.1, 0.15) is 5.01 Å². The molecular formula is C16H18N2O2S. The molecule has 1 fully saturated rings. The van der Waals surface area contributed by atoms with Crippen molar-refractivity contribution in [2.45, 2.75) is 25.9 Å². The van der Waals surface area contributed by atoms with E-state index in [0.717, 1.165) is 22.7 Å². The Morgan fingerprint density at radius 3 is 2.71 bits per heavy atom. The van der Waals surface area contributed by atoms with Gasteiger partial charge in [-0.15, -0.1) is 11.3 Å². The maximum atomic E-state index is 11.9. The highest BCUT2D eigenvalue weighted by Crippen LogP contribution is 2.24. The molecule has 5 heteroatoms. The van der Waals surface area contributed by atoms with Gasteiger partial charge in [0, 0.05) is 24.0 Å². The minimum absolute atomic E-state index is 0.0403. The monoisotopic (exact) mass is 302 g/mol. The van der Waals surface area contributed by atoms with Gasteiger partial charge in [0.25, 0.3) is 0 Å². The molecule has 0 unspecified atom stereocenters. The van der Waals surface area contributed by atoms with Crippen LogP contribution < -0.4 is 0 Å². The Bertz CT molecular complexity index is 630. The Hall–Kier alpha value is -1.72. The molecule has 1 aliphatic rings. The van der Waals surface area contributed by atoms with Crippen molar-refractivity contribution >= 4 is 17.2 Å². The van der Waals surface area contributed by atoms with Crippen molar-refractivity contribution in [3.63, 3.8) is 0 Å². The summed E-state index contributed by atoms with van der Waals surface area (Å²) in [6.07, 6.45) is 0.993. The van der Waals surface area contributed by atoms with Crippen LogP contribution in [-0.4, -0.2) is 40.1 Å². The number of hydrogen-bond donors (Lipinski definition) is 1. The van der Waals surface area contributed by atoms with E-state index in [4.69, 9.17) is 0 Å². The van der Waals surface area contributed by atoms with Crippen molar-refractivity contribution in [3.8, 4) is 10.6 Å². The Morgan fingerprint density at radius 1 is 1.38 bits per heavy atom. The number of β-amino-alcohol motifs (C(OH)–C–C–N with tert-alkyl or cyclic N) is 1. The number of hydrogen-bond acceptors (Lipinski definition) is 4. The number of benzene rings is 1. The summed E-state index contributed by atoms with van der Waals surface area (Å²) < 4.78 is 0. The summed E-state index contributed by atoms with van der Waals surface area (Å²) in [6, 6.07) is 8.39. The average Bonchev–Trinajstić information content (AvgIpc) is 2.92. The lowest BCUT2D eigenvalue weighted by molar-refractivity contribution is -0.140. The Kier molecular flexibility index (Phi) is 4.03. The molecule has 3 rings (SSSR count). The molecule has 0 aliphatic carbocycles. The molecule has 4 nitrogen and oxygen atoms in total. The summed E-state index contributed by atoms with van der Waals surface area (Å²) in [7, 11) is 0. The second kappa shape index (κ2) is 5.95. The highest BCUT2D eigenvalue weighted by Gasteiger charge is 2.28. The van der Waals surface area contributed by atoms with E-state index in [9.17, 15) is 9.90 Å². The lowest BCUT2D eigenvalue weighted by Gasteiger charge is -2.35. The smallest absolute Gasteiger partial charge is 0.228 e. The molecule has 1 saturated heterocycles. The summed E-state index contributed by atoms with van der Waals surface area (Å²) in [4.78, 5) is 18.2. The van der Waals surface area contributed by atoms with Crippen LogP contribution in [0.2, 0.25) is 0 Å². The number of aliphatic hydroxyl groups excluding tert-OH is 1. The number of carbonyl (C=O) groups is 1. The van der Waals surface area contributed by atoms with E-state index in [0.29, 0.717) is 19.5 Å². The predicted molar refractivity (Wildman–Crippen MR) is 83.2 cm³/mol. The first-order valence-corrected chi connectivity index (χ1v) is 8.03. The zero-order valence-electron chi connectivity index (χ0n) is 12.0. The highest BCUT2D eigenvalue weighted by atomic mass is 32.1. The van der Waals surface area contributed by atoms with E-state index in [1.807, 2.05) is 5.38 Å². The standard InChI is InChI=1S/C16H18N2O2S/c1-2-11-3-5-12(6-4-11)16-17-13(10-21-16)7-15(20)18-8-14(19)9-18/h3-6,10,14,19H,2,7-9H2,1H3. The summed E-state index contributed by atoms with van der Waals surface area (Å²) in [5.41, 5.74) is 3.21. The van der Waals surface area contributed by atoms with Crippen LogP contribution >= 0.6 is 11.3 Å². The third-order valence-corrected chi connectivity index (χ3v) is 4.65. The van der Waals surface area contributed by atoms with Gasteiger partial charge < -0.3 is 10.0 Å². The lowest BCUT2D eigenvalue weighted by atomic mass is 10.1. The second-order valence-corrected chi connectivity index (χ2v) is 6.18. The van der Waals surface area contributed by atoms with E-state index in [-0.39, 0.29) is 12.0 Å². The largest absolute Gasteiger partial charge is 0.389 e. The summed E-state index contributed by atoms with van der Waals surface area (Å²) in [6.45, 7) is 3.04. The van der Waals surface area contributed by atoms with Crippen LogP contribution in [0, 0.1) is 0 Å². The number of rotatable bonds is 4. The zero-order chi connectivity index (χ0) is 14.8. The van der Waals surface area contributed by atoms with Crippen LogP contribution in [0.15, 0.2) is 29.6 Å². The first-order chi connectivity index (χ1) is 10.2. The van der Waals surface area contributed by atoms with Crippen LogP contribution in [0.5, 0.6) is 0 Å². The van der Waals surface area contributed by atoms with Crippen molar-refractivity contribution in [2.24, 2.45) is 0 Å². The Labute approximate surface area is 128 Å². The first-order valence-electron chi connectivity index (χ1n) is 7.15. The number of aryl methyl sites for hydroxylation is 1. The van der Waals surface area contributed by atoms with Gasteiger partial charge in [0.2, 0.25) is 5.91 Å². The van der Waals surface area contributed by atoms with Crippen molar-refractivity contribution in [3.05, 3.63) is 40.9 Å². The number of thiazole rings is 1. The van der Waals surface area contributed by atoms with Gasteiger partial charge in [-0.2, -0.15) is 0 Å². The minimum atomic E-state index is -0.350. The molecule has 0 radical (unpaired) electrons. The quantitative estimate of drug-likeness (QED) is 0.941. The van der Waals surface area contributed by atoms with Gasteiger partial charge >= 0.3 is 0 Å². The molecule has 0 saturated carbocycles. The maximum absolute atomic E-state index is 11.9. The summed E-state index contributed by atoms with van der Waals surface area (Å²) in [5, 5.41) is 12.1. The maximum Gasteiger partial charge on any atom is 0.228 e. The average molecular weight is 302 g/mol. The molecule has 1 N–H and O–H groups in total. The van der Waals surface area contributed by atoms with Crippen molar-refractivity contribution < 1.29 is 9.90 Å². The van der Waals surface area contributed by atoms with Gasteiger partial charge in [-0.1, -0.05) is 31.2 Å². The molecule has 2 aromatic rings. The Balaban J connectivity index is 1.66. The number of likely N-dealkylation sites (tertiary alicyclic amines) is 1. The molecular weight excluding hydrogens is 284 g/mol. The highest BCUT2D eigenvalue weighted by molar-refractivity contribution is 7.13. The molecule has 0 spiro atoms. The predicted octanol–water partition coefficient (Wildman–Crippen LogP) is 2.12. The second-order valence-electron chi connectivity index (χ2n) is 5.32. The Morgan fingerprint density at radius 2 is 2.10 bits per heavy atom. The van der Waals surface area contributed by atoms with Crippen molar-refractivity contribution in [2.75, 3.05) is 13.1 Å². The molecule has 0 bridgehead atoms. The third kappa shape index (κ3) is 3.14. The number of carbonyl (C=O) groups excluding carboxylic acids is 1. The van der Waals surface area contributed by atoms with Crippen LogP contribution in [0.1, 0.15) is 18.2 Å². The number of nitrogens with zero attached hydrogens (tertiary/aromatic N) is 2. The normalized spacial score (nSPS) is 15.0. The number of aromatic nitrogens is 1. The SMILES string of the molecule is CCc1ccc(-c2nc(CC(=O)N3CC(O)C3)cs2)cc1. The molecule has 1 amide bonds. The first kappa shape index (κ1) is 14.2. The van der Waals surface area contributed by atoms with E-state index >= 15 is 0 Å². The van der Waals surface area contributed by atoms with E-state index in [2.05, 4.69) is 36.2 Å². The van der Waals surface area contributed by atoms with Crippen LogP contribution in [-0.2, 0) is 17.6 Å². The molecule has 2 heterocycles. The van der Waals surface area contributed by atoms with Gasteiger partial charge in [0.15, 0.2) is 0 Å². The molecule has 1 aliphatic heterocycles. The topological polar surface area (TPSA) is 53.4 Å². The fourth-order valence-corrected chi connectivity index (χ4v) is 3.16. The van der Waals surface area contributed by atoms with Gasteiger partial charge in [-0.05, 0) is 12.0 Å². The fourth-order valence-electron chi connectivity index (χ4n) is 2.33. The van der Waals surface area contributed by atoms with Crippen LogP contribution in [0.4, 0.5) is 0 Å². The molecule has 1 aromatic carbocycles. The van der Waals surface area contributed by atoms with E-state index < -0.39 is 0 Å². The fraction of sp³-hybridized carbons (Fsp3) is 0.375. The van der Waals surface area contributed by atoms with E-state index in [1.54, 1.807) is 16.2 Å². The summed E-state index contributed by atoms with van der Waals surface area (Å²) in [5.74, 6) is 0.0403. The number of amides is 1. The lowest BCUT2D eigenvalue weighted by Crippen LogP contribution is -2.53. The van der Waals surface area contributed by atoms with Crippen molar-refractivity contribution in [1.82, 2.24) is 9.88 Å². The molecule has 0 atom stereocenters. The molecule has 1 aromatic heterocycles. The zero-order valence-corrected chi connectivity index (χ0v) is 12.8. The van der Waals surface area contributed by atoms with Crippen LogP contribution in [0.25, 0.3) is 10.6 Å². The summed E-state index contributed by atoms with van der Waals surface area (Å²) >= 11 is 1.56. The third-order valence-electron chi connectivity index (χ3n) is 3.71. The van der Waals surface area contributed by atoms with Gasteiger partial charge in [0.05, 0.1) is 18.2 Å². The minimum Gasteiger partial charge on any atom is -0.389 e. The van der Waals surface area contributed by atoms with Crippen molar-refractivity contribution in [1.29, 1.82) is 0 Å². The molecule has 21 heavy (non-hydrogen) atoms.